The first-order valence-electron chi connectivity index (χ1n) is 7.06. The third-order valence-electron chi connectivity index (χ3n) is 3.37. The minimum atomic E-state index is -0.145. The zero-order valence-electron chi connectivity index (χ0n) is 11.3. The van der Waals surface area contributed by atoms with Crippen LogP contribution in [0.5, 0.6) is 0 Å². The maximum atomic E-state index is 12.8. The SMILES string of the molecule is CCCCCCCC(CBr)Cc1ccc(F)cc1. The van der Waals surface area contributed by atoms with Crippen molar-refractivity contribution < 1.29 is 4.39 Å². The molecule has 0 bridgehead atoms. The van der Waals surface area contributed by atoms with Gasteiger partial charge in [0.25, 0.3) is 0 Å². The van der Waals surface area contributed by atoms with E-state index in [0.717, 1.165) is 11.8 Å². The van der Waals surface area contributed by atoms with Gasteiger partial charge in [-0.25, -0.2) is 4.39 Å². The lowest BCUT2D eigenvalue weighted by Crippen LogP contribution is -2.06. The molecule has 0 aliphatic carbocycles. The highest BCUT2D eigenvalue weighted by molar-refractivity contribution is 9.09. The Morgan fingerprint density at radius 3 is 2.33 bits per heavy atom. The molecule has 0 radical (unpaired) electrons. The Morgan fingerprint density at radius 2 is 1.72 bits per heavy atom. The van der Waals surface area contributed by atoms with Gasteiger partial charge < -0.3 is 0 Å². The molecule has 0 amide bonds. The quantitative estimate of drug-likeness (QED) is 0.403. The average molecular weight is 315 g/mol. The summed E-state index contributed by atoms with van der Waals surface area (Å²) in [6, 6.07) is 6.92. The Balaban J connectivity index is 2.26. The van der Waals surface area contributed by atoms with Crippen molar-refractivity contribution in [3.63, 3.8) is 0 Å². The fourth-order valence-electron chi connectivity index (χ4n) is 2.22. The largest absolute Gasteiger partial charge is 0.207 e. The van der Waals surface area contributed by atoms with Crippen LogP contribution in [-0.2, 0) is 6.42 Å². The number of hydrogen-bond acceptors (Lipinski definition) is 0. The summed E-state index contributed by atoms with van der Waals surface area (Å²) in [5.74, 6) is 0.533. The molecular weight excluding hydrogens is 291 g/mol. The summed E-state index contributed by atoms with van der Waals surface area (Å²) in [6.07, 6.45) is 9.01. The number of alkyl halides is 1. The van der Waals surface area contributed by atoms with Crippen LogP contribution in [0.25, 0.3) is 0 Å². The van der Waals surface area contributed by atoms with E-state index in [1.165, 1.54) is 44.1 Å². The molecular formula is C16H24BrF. The Kier molecular flexibility index (Phi) is 8.32. The van der Waals surface area contributed by atoms with Crippen LogP contribution in [0.2, 0.25) is 0 Å². The van der Waals surface area contributed by atoms with E-state index >= 15 is 0 Å². The van der Waals surface area contributed by atoms with E-state index in [2.05, 4.69) is 22.9 Å². The number of hydrogen-bond donors (Lipinski definition) is 0. The minimum Gasteiger partial charge on any atom is -0.207 e. The summed E-state index contributed by atoms with van der Waals surface area (Å²) in [6.45, 7) is 2.25. The zero-order chi connectivity index (χ0) is 13.2. The minimum absolute atomic E-state index is 0.145. The molecule has 102 valence electrons. The molecule has 0 aliphatic rings. The molecule has 1 unspecified atom stereocenters. The van der Waals surface area contributed by atoms with Crippen molar-refractivity contribution in [1.29, 1.82) is 0 Å². The van der Waals surface area contributed by atoms with Crippen LogP contribution in [0.15, 0.2) is 24.3 Å². The molecule has 0 N–H and O–H groups in total. The van der Waals surface area contributed by atoms with Crippen molar-refractivity contribution >= 4 is 15.9 Å². The van der Waals surface area contributed by atoms with Gasteiger partial charge in [0, 0.05) is 5.33 Å². The number of benzene rings is 1. The second-order valence-electron chi connectivity index (χ2n) is 5.05. The third kappa shape index (κ3) is 6.53. The van der Waals surface area contributed by atoms with Crippen molar-refractivity contribution in [1.82, 2.24) is 0 Å². The maximum Gasteiger partial charge on any atom is 0.123 e. The molecule has 1 aromatic rings. The summed E-state index contributed by atoms with van der Waals surface area (Å²) in [4.78, 5) is 0. The van der Waals surface area contributed by atoms with Gasteiger partial charge in [0.1, 0.15) is 5.82 Å². The molecule has 18 heavy (non-hydrogen) atoms. The summed E-state index contributed by atoms with van der Waals surface area (Å²) < 4.78 is 12.8. The summed E-state index contributed by atoms with van der Waals surface area (Å²) in [7, 11) is 0. The van der Waals surface area contributed by atoms with Crippen molar-refractivity contribution in [3.05, 3.63) is 35.6 Å². The van der Waals surface area contributed by atoms with Crippen molar-refractivity contribution in [2.45, 2.75) is 51.9 Å². The first-order chi connectivity index (χ1) is 8.76. The van der Waals surface area contributed by atoms with E-state index in [4.69, 9.17) is 0 Å². The molecule has 0 heterocycles. The van der Waals surface area contributed by atoms with Gasteiger partial charge in [-0.1, -0.05) is 67.1 Å². The topological polar surface area (TPSA) is 0 Å². The lowest BCUT2D eigenvalue weighted by Gasteiger charge is -2.14. The third-order valence-corrected chi connectivity index (χ3v) is 4.29. The standard InChI is InChI=1S/C16H24BrF/c1-2-3-4-5-6-7-15(13-17)12-14-8-10-16(18)11-9-14/h8-11,15H,2-7,12-13H2,1H3. The summed E-state index contributed by atoms with van der Waals surface area (Å²) in [5.41, 5.74) is 1.24. The highest BCUT2D eigenvalue weighted by Crippen LogP contribution is 2.19. The van der Waals surface area contributed by atoms with Crippen molar-refractivity contribution in [2.24, 2.45) is 5.92 Å². The van der Waals surface area contributed by atoms with Gasteiger partial charge in [-0.2, -0.15) is 0 Å². The smallest absolute Gasteiger partial charge is 0.123 e. The van der Waals surface area contributed by atoms with Gasteiger partial charge in [-0.15, -0.1) is 0 Å². The average Bonchev–Trinajstić information content (AvgIpc) is 2.39. The highest BCUT2D eigenvalue weighted by atomic mass is 79.9. The van der Waals surface area contributed by atoms with Crippen LogP contribution in [0.1, 0.15) is 51.0 Å². The second kappa shape index (κ2) is 9.55. The van der Waals surface area contributed by atoms with Crippen molar-refractivity contribution in [3.8, 4) is 0 Å². The van der Waals surface area contributed by atoms with Crippen LogP contribution in [0.4, 0.5) is 4.39 Å². The summed E-state index contributed by atoms with van der Waals surface area (Å²) in [5, 5.41) is 1.04. The van der Waals surface area contributed by atoms with Gasteiger partial charge in [-0.3, -0.25) is 0 Å². The lowest BCUT2D eigenvalue weighted by molar-refractivity contribution is 0.491. The molecule has 0 nitrogen and oxygen atoms in total. The summed E-state index contributed by atoms with van der Waals surface area (Å²) >= 11 is 3.60. The van der Waals surface area contributed by atoms with E-state index < -0.39 is 0 Å². The van der Waals surface area contributed by atoms with E-state index in [9.17, 15) is 4.39 Å². The van der Waals surface area contributed by atoms with Crippen LogP contribution in [-0.4, -0.2) is 5.33 Å². The number of unbranched alkanes of at least 4 members (excludes halogenated alkanes) is 4. The molecule has 0 saturated heterocycles. The Labute approximate surface area is 119 Å². The van der Waals surface area contributed by atoms with E-state index in [1.807, 2.05) is 12.1 Å². The zero-order valence-corrected chi connectivity index (χ0v) is 12.9. The fraction of sp³-hybridized carbons (Fsp3) is 0.625. The lowest BCUT2D eigenvalue weighted by atomic mass is 9.95. The first-order valence-corrected chi connectivity index (χ1v) is 8.18. The first kappa shape index (κ1) is 15.7. The van der Waals surface area contributed by atoms with E-state index in [-0.39, 0.29) is 5.82 Å². The molecule has 0 aromatic heterocycles. The van der Waals surface area contributed by atoms with Crippen molar-refractivity contribution in [2.75, 3.05) is 5.33 Å². The monoisotopic (exact) mass is 314 g/mol. The van der Waals surface area contributed by atoms with E-state index in [1.54, 1.807) is 12.1 Å². The predicted octanol–water partition coefficient (Wildman–Crippen LogP) is 5.74. The maximum absolute atomic E-state index is 12.8. The van der Waals surface area contributed by atoms with Gasteiger partial charge >= 0.3 is 0 Å². The molecule has 0 fully saturated rings. The normalized spacial score (nSPS) is 12.6. The molecule has 1 rings (SSSR count). The highest BCUT2D eigenvalue weighted by Gasteiger charge is 2.08. The van der Waals surface area contributed by atoms with E-state index in [0.29, 0.717) is 5.92 Å². The van der Waals surface area contributed by atoms with Crippen LogP contribution in [0, 0.1) is 11.7 Å². The predicted molar refractivity (Wildman–Crippen MR) is 80.8 cm³/mol. The van der Waals surface area contributed by atoms with Crippen LogP contribution >= 0.6 is 15.9 Å². The molecule has 0 aliphatic heterocycles. The number of rotatable bonds is 9. The molecule has 1 aromatic carbocycles. The van der Waals surface area contributed by atoms with Crippen LogP contribution < -0.4 is 0 Å². The van der Waals surface area contributed by atoms with Gasteiger partial charge in [0.2, 0.25) is 0 Å². The molecule has 0 saturated carbocycles. The molecule has 2 heteroatoms. The Hall–Kier alpha value is -0.370. The Morgan fingerprint density at radius 1 is 1.06 bits per heavy atom. The van der Waals surface area contributed by atoms with Gasteiger partial charge in [0.15, 0.2) is 0 Å². The molecule has 0 spiro atoms. The van der Waals surface area contributed by atoms with Crippen LogP contribution in [0.3, 0.4) is 0 Å². The molecule has 1 atom stereocenters. The van der Waals surface area contributed by atoms with Gasteiger partial charge in [0.05, 0.1) is 0 Å². The number of halogens is 2. The second-order valence-corrected chi connectivity index (χ2v) is 5.70. The fourth-order valence-corrected chi connectivity index (χ4v) is 2.78. The Bertz CT molecular complexity index is 307. The van der Waals surface area contributed by atoms with Gasteiger partial charge in [-0.05, 0) is 36.5 Å².